The summed E-state index contributed by atoms with van der Waals surface area (Å²) in [6.07, 6.45) is 1.23. The number of halogens is 1. The van der Waals surface area contributed by atoms with Gasteiger partial charge in [0.05, 0.1) is 31.1 Å². The molecule has 0 aromatic carbocycles. The van der Waals surface area contributed by atoms with Crippen molar-refractivity contribution in [3.05, 3.63) is 29.8 Å². The van der Waals surface area contributed by atoms with Gasteiger partial charge in [0.25, 0.3) is 0 Å². The molecule has 0 bridgehead atoms. The SMILES string of the molecule is NCC(c1ccc(F)cn1)N1CCOCC1. The van der Waals surface area contributed by atoms with Gasteiger partial charge in [-0.2, -0.15) is 0 Å². The lowest BCUT2D eigenvalue weighted by atomic mass is 10.1. The Hall–Kier alpha value is -1.04. The topological polar surface area (TPSA) is 51.4 Å². The molecule has 5 heteroatoms. The highest BCUT2D eigenvalue weighted by Gasteiger charge is 2.22. The zero-order valence-electron chi connectivity index (χ0n) is 9.10. The first-order valence-corrected chi connectivity index (χ1v) is 5.44. The van der Waals surface area contributed by atoms with Crippen LogP contribution in [0.5, 0.6) is 0 Å². The van der Waals surface area contributed by atoms with Gasteiger partial charge in [0.1, 0.15) is 5.82 Å². The fourth-order valence-corrected chi connectivity index (χ4v) is 1.93. The Morgan fingerprint density at radius 3 is 2.75 bits per heavy atom. The van der Waals surface area contributed by atoms with Crippen LogP contribution in [0.1, 0.15) is 11.7 Å². The molecule has 16 heavy (non-hydrogen) atoms. The van der Waals surface area contributed by atoms with E-state index in [2.05, 4.69) is 9.88 Å². The fourth-order valence-electron chi connectivity index (χ4n) is 1.93. The molecule has 1 aromatic rings. The van der Waals surface area contributed by atoms with Gasteiger partial charge in [0.15, 0.2) is 0 Å². The predicted octanol–water partition coefficient (Wildman–Crippen LogP) is 0.553. The molecule has 0 amide bonds. The van der Waals surface area contributed by atoms with Gasteiger partial charge in [-0.1, -0.05) is 0 Å². The predicted molar refractivity (Wildman–Crippen MR) is 58.4 cm³/mol. The molecular formula is C11H16FN3O. The van der Waals surface area contributed by atoms with Crippen LogP contribution in [0.15, 0.2) is 18.3 Å². The Labute approximate surface area is 94.2 Å². The lowest BCUT2D eigenvalue weighted by Gasteiger charge is -2.33. The van der Waals surface area contributed by atoms with Crippen LogP contribution in [-0.2, 0) is 4.74 Å². The first kappa shape index (κ1) is 11.4. The summed E-state index contributed by atoms with van der Waals surface area (Å²) >= 11 is 0. The molecule has 4 nitrogen and oxygen atoms in total. The van der Waals surface area contributed by atoms with Crippen molar-refractivity contribution in [2.75, 3.05) is 32.8 Å². The summed E-state index contributed by atoms with van der Waals surface area (Å²) in [5.41, 5.74) is 6.58. The molecule has 0 aliphatic carbocycles. The zero-order valence-corrected chi connectivity index (χ0v) is 9.10. The van der Waals surface area contributed by atoms with E-state index >= 15 is 0 Å². The van der Waals surface area contributed by atoms with Crippen molar-refractivity contribution in [1.29, 1.82) is 0 Å². The quantitative estimate of drug-likeness (QED) is 0.816. The number of rotatable bonds is 3. The molecule has 2 rings (SSSR count). The molecule has 1 aliphatic rings. The Bertz CT molecular complexity index is 325. The van der Waals surface area contributed by atoms with Gasteiger partial charge in [-0.05, 0) is 12.1 Å². The zero-order chi connectivity index (χ0) is 11.4. The van der Waals surface area contributed by atoms with Gasteiger partial charge in [-0.3, -0.25) is 9.88 Å². The minimum atomic E-state index is -0.318. The number of hydrogen-bond donors (Lipinski definition) is 1. The van der Waals surface area contributed by atoms with Crippen molar-refractivity contribution < 1.29 is 9.13 Å². The van der Waals surface area contributed by atoms with Gasteiger partial charge in [-0.25, -0.2) is 4.39 Å². The Morgan fingerprint density at radius 2 is 2.19 bits per heavy atom. The smallest absolute Gasteiger partial charge is 0.141 e. The fraction of sp³-hybridized carbons (Fsp3) is 0.545. The number of morpholine rings is 1. The molecule has 0 saturated carbocycles. The standard InChI is InChI=1S/C11H16FN3O/c12-9-1-2-10(14-8-9)11(7-13)15-3-5-16-6-4-15/h1-2,8,11H,3-7,13H2. The number of ether oxygens (including phenoxy) is 1. The lowest BCUT2D eigenvalue weighted by molar-refractivity contribution is 0.0170. The second-order valence-corrected chi connectivity index (χ2v) is 3.80. The van der Waals surface area contributed by atoms with Crippen molar-refractivity contribution in [3.63, 3.8) is 0 Å². The van der Waals surface area contributed by atoms with Crippen LogP contribution in [0.2, 0.25) is 0 Å². The third kappa shape index (κ3) is 2.55. The molecular weight excluding hydrogens is 209 g/mol. The van der Waals surface area contributed by atoms with E-state index in [9.17, 15) is 4.39 Å². The molecule has 88 valence electrons. The number of nitrogens with zero attached hydrogens (tertiary/aromatic N) is 2. The van der Waals surface area contributed by atoms with Crippen LogP contribution >= 0.6 is 0 Å². The average molecular weight is 225 g/mol. The van der Waals surface area contributed by atoms with Gasteiger partial charge >= 0.3 is 0 Å². The minimum absolute atomic E-state index is 0.0597. The summed E-state index contributed by atoms with van der Waals surface area (Å²) in [5, 5.41) is 0. The van der Waals surface area contributed by atoms with E-state index in [-0.39, 0.29) is 11.9 Å². The molecule has 0 spiro atoms. The maximum Gasteiger partial charge on any atom is 0.141 e. The highest BCUT2D eigenvalue weighted by Crippen LogP contribution is 2.18. The number of hydrogen-bond acceptors (Lipinski definition) is 4. The monoisotopic (exact) mass is 225 g/mol. The van der Waals surface area contributed by atoms with Gasteiger partial charge in [0.2, 0.25) is 0 Å². The van der Waals surface area contributed by atoms with Crippen LogP contribution in [0, 0.1) is 5.82 Å². The number of pyridine rings is 1. The molecule has 2 N–H and O–H groups in total. The van der Waals surface area contributed by atoms with E-state index in [0.717, 1.165) is 32.0 Å². The van der Waals surface area contributed by atoms with E-state index in [1.807, 2.05) is 0 Å². The van der Waals surface area contributed by atoms with E-state index in [1.54, 1.807) is 6.07 Å². The van der Waals surface area contributed by atoms with Crippen LogP contribution in [-0.4, -0.2) is 42.7 Å². The number of nitrogens with two attached hydrogens (primary N) is 1. The van der Waals surface area contributed by atoms with Gasteiger partial charge in [0, 0.05) is 19.6 Å². The van der Waals surface area contributed by atoms with Crippen molar-refractivity contribution in [2.45, 2.75) is 6.04 Å². The van der Waals surface area contributed by atoms with Crippen molar-refractivity contribution in [1.82, 2.24) is 9.88 Å². The summed E-state index contributed by atoms with van der Waals surface area (Å²) in [7, 11) is 0. The van der Waals surface area contributed by atoms with Crippen molar-refractivity contribution in [2.24, 2.45) is 5.73 Å². The third-order valence-electron chi connectivity index (χ3n) is 2.80. The van der Waals surface area contributed by atoms with E-state index in [0.29, 0.717) is 6.54 Å². The molecule has 1 aliphatic heterocycles. The average Bonchev–Trinajstić information content (AvgIpc) is 2.34. The highest BCUT2D eigenvalue weighted by molar-refractivity contribution is 5.10. The summed E-state index contributed by atoms with van der Waals surface area (Å²) in [6, 6.07) is 3.18. The lowest BCUT2D eigenvalue weighted by Crippen LogP contribution is -2.42. The second kappa shape index (κ2) is 5.34. The molecule has 2 heterocycles. The molecule has 1 unspecified atom stereocenters. The summed E-state index contributed by atoms with van der Waals surface area (Å²) in [5.74, 6) is -0.318. The molecule has 1 aromatic heterocycles. The van der Waals surface area contributed by atoms with Crippen LogP contribution in [0.4, 0.5) is 4.39 Å². The summed E-state index contributed by atoms with van der Waals surface area (Å²) in [6.45, 7) is 3.62. The van der Waals surface area contributed by atoms with Gasteiger partial charge < -0.3 is 10.5 Å². The Morgan fingerprint density at radius 1 is 1.44 bits per heavy atom. The van der Waals surface area contributed by atoms with Crippen LogP contribution < -0.4 is 5.73 Å². The van der Waals surface area contributed by atoms with E-state index in [4.69, 9.17) is 10.5 Å². The van der Waals surface area contributed by atoms with E-state index in [1.165, 1.54) is 12.3 Å². The third-order valence-corrected chi connectivity index (χ3v) is 2.80. The van der Waals surface area contributed by atoms with Crippen molar-refractivity contribution in [3.8, 4) is 0 Å². The normalized spacial score (nSPS) is 19.6. The summed E-state index contributed by atoms with van der Waals surface area (Å²) < 4.78 is 18.1. The van der Waals surface area contributed by atoms with Gasteiger partial charge in [-0.15, -0.1) is 0 Å². The number of aromatic nitrogens is 1. The molecule has 1 saturated heterocycles. The maximum atomic E-state index is 12.8. The second-order valence-electron chi connectivity index (χ2n) is 3.80. The van der Waals surface area contributed by atoms with Crippen LogP contribution in [0.25, 0.3) is 0 Å². The maximum absolute atomic E-state index is 12.8. The highest BCUT2D eigenvalue weighted by atomic mass is 19.1. The van der Waals surface area contributed by atoms with E-state index < -0.39 is 0 Å². The Kier molecular flexibility index (Phi) is 3.82. The summed E-state index contributed by atoms with van der Waals surface area (Å²) in [4.78, 5) is 6.31. The molecule has 0 radical (unpaired) electrons. The molecule has 1 fully saturated rings. The largest absolute Gasteiger partial charge is 0.379 e. The minimum Gasteiger partial charge on any atom is -0.379 e. The molecule has 1 atom stereocenters. The van der Waals surface area contributed by atoms with Crippen molar-refractivity contribution >= 4 is 0 Å². The first-order chi connectivity index (χ1) is 7.81. The first-order valence-electron chi connectivity index (χ1n) is 5.44. The Balaban J connectivity index is 2.11. The van der Waals surface area contributed by atoms with Crippen LogP contribution in [0.3, 0.4) is 0 Å².